The molecule has 0 aliphatic carbocycles. The molecule has 0 aromatic rings. The summed E-state index contributed by atoms with van der Waals surface area (Å²) in [6.45, 7) is 8.45. The van der Waals surface area contributed by atoms with Crippen LogP contribution in [0.15, 0.2) is 0 Å². The molecule has 0 N–H and O–H groups in total. The molecular formula is C10H18O3. The molecule has 0 rings (SSSR count). The van der Waals surface area contributed by atoms with Crippen LogP contribution in [0, 0.1) is 10.8 Å². The zero-order valence-electron chi connectivity index (χ0n) is 9.22. The maximum atomic E-state index is 11.4. The van der Waals surface area contributed by atoms with Crippen molar-refractivity contribution >= 4 is 11.8 Å². The number of hydrogen-bond donors (Lipinski definition) is 0. The van der Waals surface area contributed by atoms with Crippen LogP contribution in [0.2, 0.25) is 0 Å². The highest BCUT2D eigenvalue weighted by molar-refractivity contribution is 5.90. The molecule has 0 heterocycles. The van der Waals surface area contributed by atoms with Gasteiger partial charge in [0.25, 0.3) is 0 Å². The minimum absolute atomic E-state index is 0.0112. The van der Waals surface area contributed by atoms with Gasteiger partial charge in [0.05, 0.1) is 12.5 Å². The summed E-state index contributed by atoms with van der Waals surface area (Å²) in [5.41, 5.74) is -1.48. The molecule has 76 valence electrons. The van der Waals surface area contributed by atoms with Crippen molar-refractivity contribution in [3.05, 3.63) is 0 Å². The van der Waals surface area contributed by atoms with E-state index in [1.165, 1.54) is 14.0 Å². The van der Waals surface area contributed by atoms with Gasteiger partial charge in [-0.25, -0.2) is 0 Å². The molecule has 0 spiro atoms. The molecule has 0 bridgehead atoms. The van der Waals surface area contributed by atoms with Crippen molar-refractivity contribution in [1.82, 2.24) is 0 Å². The van der Waals surface area contributed by atoms with Crippen LogP contribution in [0.1, 0.15) is 34.6 Å². The van der Waals surface area contributed by atoms with E-state index in [2.05, 4.69) is 4.74 Å². The lowest BCUT2D eigenvalue weighted by molar-refractivity contribution is -0.161. The van der Waals surface area contributed by atoms with Crippen LogP contribution in [0.25, 0.3) is 0 Å². The fraction of sp³-hybridized carbons (Fsp3) is 0.800. The van der Waals surface area contributed by atoms with Crippen molar-refractivity contribution in [2.45, 2.75) is 34.6 Å². The smallest absolute Gasteiger partial charge is 0.312 e. The largest absolute Gasteiger partial charge is 0.469 e. The molecule has 3 heteroatoms. The lowest BCUT2D eigenvalue weighted by Crippen LogP contribution is -2.44. The summed E-state index contributed by atoms with van der Waals surface area (Å²) in [5, 5.41) is 0. The van der Waals surface area contributed by atoms with Crippen molar-refractivity contribution in [3.63, 3.8) is 0 Å². The number of esters is 1. The van der Waals surface area contributed by atoms with Crippen LogP contribution in [0.5, 0.6) is 0 Å². The number of Topliss-reactive ketones (excluding diaryl/α,β-unsaturated/α-hetero) is 1. The zero-order chi connectivity index (χ0) is 10.9. The normalized spacial score (nSPS) is 12.5. The molecule has 0 radical (unpaired) electrons. The van der Waals surface area contributed by atoms with Crippen molar-refractivity contribution < 1.29 is 14.3 Å². The summed E-state index contributed by atoms with van der Waals surface area (Å²) in [6, 6.07) is 0. The highest BCUT2D eigenvalue weighted by Gasteiger charge is 2.47. The number of rotatable bonds is 3. The van der Waals surface area contributed by atoms with Gasteiger partial charge in [0.2, 0.25) is 0 Å². The molecule has 0 aliphatic heterocycles. The Kier molecular flexibility index (Phi) is 3.25. The number of carbonyl (C=O) groups excluding carboxylic acids is 2. The monoisotopic (exact) mass is 186 g/mol. The predicted molar refractivity (Wildman–Crippen MR) is 50.3 cm³/mol. The Morgan fingerprint density at radius 2 is 1.38 bits per heavy atom. The van der Waals surface area contributed by atoms with Gasteiger partial charge in [0.1, 0.15) is 5.78 Å². The Labute approximate surface area is 79.5 Å². The summed E-state index contributed by atoms with van der Waals surface area (Å²) in [4.78, 5) is 22.7. The van der Waals surface area contributed by atoms with E-state index in [0.717, 1.165) is 0 Å². The van der Waals surface area contributed by atoms with Crippen LogP contribution in [0.3, 0.4) is 0 Å². The lowest BCUT2D eigenvalue weighted by atomic mass is 9.66. The second-order valence-electron chi connectivity index (χ2n) is 4.30. The number of methoxy groups -OCH3 is 1. The third-order valence-electron chi connectivity index (χ3n) is 3.14. The number of carbonyl (C=O) groups is 2. The first-order valence-electron chi connectivity index (χ1n) is 4.27. The molecule has 0 saturated heterocycles. The average molecular weight is 186 g/mol. The molecule has 0 aromatic carbocycles. The third kappa shape index (κ3) is 1.90. The van der Waals surface area contributed by atoms with Gasteiger partial charge >= 0.3 is 5.97 Å². The maximum Gasteiger partial charge on any atom is 0.312 e. The Bertz CT molecular complexity index is 226. The zero-order valence-corrected chi connectivity index (χ0v) is 9.22. The van der Waals surface area contributed by atoms with Gasteiger partial charge in [-0.05, 0) is 20.8 Å². The quantitative estimate of drug-likeness (QED) is 0.631. The molecule has 0 atom stereocenters. The number of hydrogen-bond acceptors (Lipinski definition) is 3. The summed E-state index contributed by atoms with van der Waals surface area (Å²) >= 11 is 0. The molecule has 0 aromatic heterocycles. The van der Waals surface area contributed by atoms with E-state index in [9.17, 15) is 9.59 Å². The second-order valence-corrected chi connectivity index (χ2v) is 4.30. The van der Waals surface area contributed by atoms with Crippen LogP contribution in [-0.2, 0) is 14.3 Å². The lowest BCUT2D eigenvalue weighted by Gasteiger charge is -2.36. The Hall–Kier alpha value is -0.860. The van der Waals surface area contributed by atoms with Crippen LogP contribution >= 0.6 is 0 Å². The van der Waals surface area contributed by atoms with E-state index in [1.807, 2.05) is 0 Å². The van der Waals surface area contributed by atoms with Crippen LogP contribution in [0.4, 0.5) is 0 Å². The maximum absolute atomic E-state index is 11.4. The Morgan fingerprint density at radius 1 is 1.00 bits per heavy atom. The van der Waals surface area contributed by atoms with Gasteiger partial charge in [0, 0.05) is 5.41 Å². The molecule has 3 nitrogen and oxygen atoms in total. The minimum atomic E-state index is -0.784. The first-order valence-corrected chi connectivity index (χ1v) is 4.27. The highest BCUT2D eigenvalue weighted by Crippen LogP contribution is 2.39. The first kappa shape index (κ1) is 12.1. The summed E-state index contributed by atoms with van der Waals surface area (Å²) in [5.74, 6) is -0.365. The van der Waals surface area contributed by atoms with E-state index in [0.29, 0.717) is 0 Å². The fourth-order valence-electron chi connectivity index (χ4n) is 0.950. The van der Waals surface area contributed by atoms with Crippen molar-refractivity contribution in [1.29, 1.82) is 0 Å². The first-order chi connectivity index (χ1) is 5.67. The topological polar surface area (TPSA) is 43.4 Å². The van der Waals surface area contributed by atoms with E-state index in [-0.39, 0.29) is 11.8 Å². The van der Waals surface area contributed by atoms with Crippen molar-refractivity contribution in [2.24, 2.45) is 10.8 Å². The molecule has 0 aliphatic rings. The Morgan fingerprint density at radius 3 is 1.62 bits per heavy atom. The predicted octanol–water partition coefficient (Wildman–Crippen LogP) is 1.80. The van der Waals surface area contributed by atoms with Gasteiger partial charge in [-0.15, -0.1) is 0 Å². The van der Waals surface area contributed by atoms with Crippen molar-refractivity contribution in [3.8, 4) is 0 Å². The SMILES string of the molecule is COC(=O)C(C)(C)C(C)(C)C(C)=O. The second kappa shape index (κ2) is 3.48. The highest BCUT2D eigenvalue weighted by atomic mass is 16.5. The van der Waals surface area contributed by atoms with E-state index in [1.54, 1.807) is 27.7 Å². The van der Waals surface area contributed by atoms with E-state index in [4.69, 9.17) is 0 Å². The van der Waals surface area contributed by atoms with Gasteiger partial charge < -0.3 is 4.74 Å². The van der Waals surface area contributed by atoms with E-state index >= 15 is 0 Å². The summed E-state index contributed by atoms with van der Waals surface area (Å²) in [7, 11) is 1.33. The molecule has 0 fully saturated rings. The van der Waals surface area contributed by atoms with Gasteiger partial charge in [-0.3, -0.25) is 9.59 Å². The fourth-order valence-corrected chi connectivity index (χ4v) is 0.950. The van der Waals surface area contributed by atoms with Gasteiger partial charge in [-0.2, -0.15) is 0 Å². The average Bonchev–Trinajstić information content (AvgIpc) is 2.02. The molecule has 0 saturated carbocycles. The van der Waals surface area contributed by atoms with E-state index < -0.39 is 10.8 Å². The number of ether oxygens (including phenoxy) is 1. The Balaban J connectivity index is 5.02. The molecule has 13 heavy (non-hydrogen) atoms. The minimum Gasteiger partial charge on any atom is -0.469 e. The summed E-state index contributed by atoms with van der Waals surface area (Å²) in [6.07, 6.45) is 0. The third-order valence-corrected chi connectivity index (χ3v) is 3.14. The van der Waals surface area contributed by atoms with Crippen LogP contribution in [-0.4, -0.2) is 18.9 Å². The standard InChI is InChI=1S/C10H18O3/c1-7(11)9(2,3)10(4,5)8(12)13-6/h1-6H3. The molecular weight excluding hydrogens is 168 g/mol. The van der Waals surface area contributed by atoms with Gasteiger partial charge in [-0.1, -0.05) is 13.8 Å². The van der Waals surface area contributed by atoms with Crippen LogP contribution < -0.4 is 0 Å². The van der Waals surface area contributed by atoms with Gasteiger partial charge in [0.15, 0.2) is 0 Å². The molecule has 0 amide bonds. The van der Waals surface area contributed by atoms with Crippen molar-refractivity contribution in [2.75, 3.05) is 7.11 Å². The number of ketones is 1. The summed E-state index contributed by atoms with van der Waals surface area (Å²) < 4.78 is 4.66. The molecule has 0 unspecified atom stereocenters.